The van der Waals surface area contributed by atoms with Gasteiger partial charge in [-0.1, -0.05) is 30.3 Å². The molecule has 32 heavy (non-hydrogen) atoms. The van der Waals surface area contributed by atoms with E-state index in [0.717, 1.165) is 18.4 Å². The van der Waals surface area contributed by atoms with Gasteiger partial charge in [-0.25, -0.2) is 8.42 Å². The largest absolute Gasteiger partial charge is 0.494 e. The number of hydrogen-bond acceptors (Lipinski definition) is 4. The number of piperidine rings is 1. The van der Waals surface area contributed by atoms with Gasteiger partial charge in [-0.2, -0.15) is 4.31 Å². The van der Waals surface area contributed by atoms with Crippen LogP contribution in [0, 0.1) is 12.8 Å². The first-order valence-corrected chi connectivity index (χ1v) is 12.8. The molecule has 0 spiro atoms. The first-order valence-electron chi connectivity index (χ1n) is 11.4. The zero-order chi connectivity index (χ0) is 23.1. The zero-order valence-electron chi connectivity index (χ0n) is 19.2. The van der Waals surface area contributed by atoms with Gasteiger partial charge in [0, 0.05) is 25.0 Å². The summed E-state index contributed by atoms with van der Waals surface area (Å²) in [5.74, 6) is 0.574. The van der Waals surface area contributed by atoms with E-state index >= 15 is 0 Å². The van der Waals surface area contributed by atoms with E-state index in [-0.39, 0.29) is 22.8 Å². The molecule has 0 radical (unpaired) electrons. The van der Waals surface area contributed by atoms with E-state index in [1.165, 1.54) is 9.87 Å². The van der Waals surface area contributed by atoms with Crippen LogP contribution in [0.15, 0.2) is 53.4 Å². The van der Waals surface area contributed by atoms with Crippen LogP contribution in [-0.4, -0.2) is 44.4 Å². The number of nitrogens with zero attached hydrogens (tertiary/aromatic N) is 1. The molecule has 0 aromatic heterocycles. The Morgan fingerprint density at radius 3 is 2.47 bits per heavy atom. The van der Waals surface area contributed by atoms with Crippen molar-refractivity contribution >= 4 is 15.9 Å². The Kier molecular flexibility index (Phi) is 8.32. The van der Waals surface area contributed by atoms with Crippen molar-refractivity contribution in [1.29, 1.82) is 0 Å². The summed E-state index contributed by atoms with van der Waals surface area (Å²) in [4.78, 5) is 13.0. The molecule has 174 valence electrons. The van der Waals surface area contributed by atoms with Crippen molar-refractivity contribution < 1.29 is 17.9 Å². The predicted molar refractivity (Wildman–Crippen MR) is 126 cm³/mol. The lowest BCUT2D eigenvalue weighted by molar-refractivity contribution is -0.126. The number of carbonyl (C=O) groups excluding carboxylic acids is 1. The summed E-state index contributed by atoms with van der Waals surface area (Å²) in [6.45, 7) is 7.01. The standard InChI is InChI=1S/C25H34N2O4S/c1-4-31-24-13-12-23(18-19(24)2)32(29,30)27-16-14-22(15-17-27)25(28)26-20(3)10-11-21-8-6-5-7-9-21/h5-9,12-13,18,20,22H,4,10-11,14-17H2,1-3H3,(H,26,28)/t20-/m1/s1. The first kappa shape index (κ1) is 24.3. The van der Waals surface area contributed by atoms with Crippen molar-refractivity contribution in [2.75, 3.05) is 19.7 Å². The minimum absolute atomic E-state index is 0.0273. The molecule has 7 heteroatoms. The Bertz CT molecular complexity index is 1000. The molecule has 1 aliphatic rings. The summed E-state index contributed by atoms with van der Waals surface area (Å²) in [5.41, 5.74) is 2.06. The second kappa shape index (κ2) is 11.0. The van der Waals surface area contributed by atoms with Crippen LogP contribution in [0.2, 0.25) is 0 Å². The fourth-order valence-corrected chi connectivity index (χ4v) is 5.62. The SMILES string of the molecule is CCOc1ccc(S(=O)(=O)N2CCC(C(=O)N[C@H](C)CCc3ccccc3)CC2)cc1C. The minimum Gasteiger partial charge on any atom is -0.494 e. The van der Waals surface area contributed by atoms with E-state index < -0.39 is 10.0 Å². The number of sulfonamides is 1. The molecule has 2 aromatic rings. The number of nitrogens with one attached hydrogen (secondary N) is 1. The number of carbonyl (C=O) groups is 1. The maximum Gasteiger partial charge on any atom is 0.243 e. The molecule has 0 bridgehead atoms. The van der Waals surface area contributed by atoms with E-state index in [4.69, 9.17) is 4.74 Å². The highest BCUT2D eigenvalue weighted by atomic mass is 32.2. The van der Waals surface area contributed by atoms with E-state index in [1.54, 1.807) is 18.2 Å². The second-order valence-corrected chi connectivity index (χ2v) is 10.4. The van der Waals surface area contributed by atoms with Gasteiger partial charge in [-0.3, -0.25) is 4.79 Å². The summed E-state index contributed by atoms with van der Waals surface area (Å²) >= 11 is 0. The molecule has 1 heterocycles. The molecule has 1 amide bonds. The van der Waals surface area contributed by atoms with Crippen LogP contribution < -0.4 is 10.1 Å². The number of aryl methyl sites for hydroxylation is 2. The molecule has 3 rings (SSSR count). The molecule has 1 fully saturated rings. The Labute approximate surface area is 192 Å². The van der Waals surface area contributed by atoms with Crippen LogP contribution >= 0.6 is 0 Å². The van der Waals surface area contributed by atoms with Crippen molar-refractivity contribution in [3.8, 4) is 5.75 Å². The van der Waals surface area contributed by atoms with Crippen LogP contribution in [-0.2, 0) is 21.2 Å². The lowest BCUT2D eigenvalue weighted by Gasteiger charge is -2.31. The summed E-state index contributed by atoms with van der Waals surface area (Å²) in [6, 6.07) is 15.3. The predicted octanol–water partition coefficient (Wildman–Crippen LogP) is 3.93. The molecule has 1 N–H and O–H groups in total. The maximum atomic E-state index is 13.1. The number of benzene rings is 2. The van der Waals surface area contributed by atoms with Crippen LogP contribution in [0.3, 0.4) is 0 Å². The molecular formula is C25H34N2O4S. The van der Waals surface area contributed by atoms with Gasteiger partial charge in [0.15, 0.2) is 0 Å². The summed E-state index contributed by atoms with van der Waals surface area (Å²) in [6.07, 6.45) is 2.86. The van der Waals surface area contributed by atoms with Crippen molar-refractivity contribution in [2.45, 2.75) is 57.4 Å². The van der Waals surface area contributed by atoms with Gasteiger partial charge < -0.3 is 10.1 Å². The van der Waals surface area contributed by atoms with E-state index in [9.17, 15) is 13.2 Å². The van der Waals surface area contributed by atoms with Gasteiger partial charge in [-0.15, -0.1) is 0 Å². The van der Waals surface area contributed by atoms with Crippen LogP contribution in [0.25, 0.3) is 0 Å². The number of amides is 1. The van der Waals surface area contributed by atoms with Gasteiger partial charge >= 0.3 is 0 Å². The molecular weight excluding hydrogens is 424 g/mol. The third kappa shape index (κ3) is 6.11. The van der Waals surface area contributed by atoms with Crippen molar-refractivity contribution in [3.05, 3.63) is 59.7 Å². The molecule has 0 aliphatic carbocycles. The topological polar surface area (TPSA) is 75.7 Å². The van der Waals surface area contributed by atoms with E-state index in [0.29, 0.717) is 38.3 Å². The first-order chi connectivity index (χ1) is 15.3. The molecule has 0 saturated carbocycles. The van der Waals surface area contributed by atoms with Gasteiger partial charge in [0.2, 0.25) is 15.9 Å². The van der Waals surface area contributed by atoms with Crippen molar-refractivity contribution in [3.63, 3.8) is 0 Å². The molecule has 2 aromatic carbocycles. The summed E-state index contributed by atoms with van der Waals surface area (Å²) in [7, 11) is -3.58. The number of rotatable bonds is 9. The Balaban J connectivity index is 1.51. The average Bonchev–Trinajstić information content (AvgIpc) is 2.80. The summed E-state index contributed by atoms with van der Waals surface area (Å²) < 4.78 is 33.1. The Hall–Kier alpha value is -2.38. The maximum absolute atomic E-state index is 13.1. The van der Waals surface area contributed by atoms with Gasteiger partial charge in [0.25, 0.3) is 0 Å². The van der Waals surface area contributed by atoms with Crippen molar-refractivity contribution in [1.82, 2.24) is 9.62 Å². The zero-order valence-corrected chi connectivity index (χ0v) is 20.0. The highest BCUT2D eigenvalue weighted by molar-refractivity contribution is 7.89. The lowest BCUT2D eigenvalue weighted by atomic mass is 9.96. The van der Waals surface area contributed by atoms with Crippen LogP contribution in [0.5, 0.6) is 5.75 Å². The lowest BCUT2D eigenvalue weighted by Crippen LogP contribution is -2.44. The highest BCUT2D eigenvalue weighted by Crippen LogP contribution is 2.27. The number of ether oxygens (including phenoxy) is 1. The van der Waals surface area contributed by atoms with Gasteiger partial charge in [-0.05, 0) is 75.8 Å². The van der Waals surface area contributed by atoms with E-state index in [1.807, 2.05) is 39.0 Å². The fourth-order valence-electron chi connectivity index (χ4n) is 4.07. The molecule has 6 nitrogen and oxygen atoms in total. The Morgan fingerprint density at radius 1 is 1.16 bits per heavy atom. The van der Waals surface area contributed by atoms with Crippen LogP contribution in [0.1, 0.15) is 44.2 Å². The quantitative estimate of drug-likeness (QED) is 0.618. The Morgan fingerprint density at radius 2 is 1.84 bits per heavy atom. The van der Waals surface area contributed by atoms with Crippen LogP contribution in [0.4, 0.5) is 0 Å². The smallest absolute Gasteiger partial charge is 0.243 e. The van der Waals surface area contributed by atoms with Gasteiger partial charge in [0.05, 0.1) is 11.5 Å². The summed E-state index contributed by atoms with van der Waals surface area (Å²) in [5, 5.41) is 3.11. The molecule has 0 unspecified atom stereocenters. The normalized spacial score (nSPS) is 16.5. The van der Waals surface area contributed by atoms with E-state index in [2.05, 4.69) is 17.4 Å². The average molecular weight is 459 g/mol. The molecule has 1 saturated heterocycles. The second-order valence-electron chi connectivity index (χ2n) is 8.47. The van der Waals surface area contributed by atoms with Gasteiger partial charge in [0.1, 0.15) is 5.75 Å². The molecule has 1 aliphatic heterocycles. The third-order valence-electron chi connectivity index (χ3n) is 6.01. The third-order valence-corrected chi connectivity index (χ3v) is 7.90. The monoisotopic (exact) mass is 458 g/mol. The minimum atomic E-state index is -3.58. The van der Waals surface area contributed by atoms with Crippen molar-refractivity contribution in [2.24, 2.45) is 5.92 Å². The fraction of sp³-hybridized carbons (Fsp3) is 0.480. The molecule has 1 atom stereocenters. The number of hydrogen-bond donors (Lipinski definition) is 1. The highest BCUT2D eigenvalue weighted by Gasteiger charge is 2.32.